The fraction of sp³-hybridized carbons (Fsp3) is 1.00. The topological polar surface area (TPSA) is 425 Å². The van der Waals surface area contributed by atoms with Crippen LogP contribution in [0.1, 0.15) is 92.4 Å². The van der Waals surface area contributed by atoms with Gasteiger partial charge in [0.1, 0.15) is 110 Å². The van der Waals surface area contributed by atoms with E-state index in [-0.39, 0.29) is 48.0 Å². The SMILES string of the molecule is C[C@@H]1CCC2(OC1)O[C@H]1CC3C4CCC5CC([C@]6(O[C@H]7O[C@H](CO)[C@@H](O[C@@H]8O[C@@H](C)[C@H](O)[C@@H](O)[C@H]8O)[C@H](O[C@H]8OC[C@@H](O)[C@H](O)[C@H]8O)[C@H]7O[C@@H]7O[C@H](CO)[C@@H](O)[C@H](O)[C@H]7O)O[C@@H](CO)[C@@H](O)[C@H](O)[C@H]6O)C(O)C[C@]5(C)C4CC[C@]3(C)[C@H]1[C@@H]2C. The van der Waals surface area contributed by atoms with E-state index in [1.165, 1.54) is 6.92 Å². The van der Waals surface area contributed by atoms with E-state index in [2.05, 4.69) is 27.7 Å². The van der Waals surface area contributed by atoms with Crippen molar-refractivity contribution >= 4 is 0 Å². The van der Waals surface area contributed by atoms with Crippen molar-refractivity contribution in [2.75, 3.05) is 33.0 Å². The molecule has 37 atom stereocenters. The summed E-state index contributed by atoms with van der Waals surface area (Å²) in [6, 6.07) is 0. The summed E-state index contributed by atoms with van der Waals surface area (Å²) in [5, 5.41) is 180. The maximum absolute atomic E-state index is 13.0. The molecule has 4 aliphatic carbocycles. The highest BCUT2D eigenvalue weighted by molar-refractivity contribution is 5.17. The van der Waals surface area contributed by atoms with Gasteiger partial charge in [0.2, 0.25) is 5.79 Å². The predicted octanol–water partition coefficient (Wildman–Crippen LogP) is -4.85. The van der Waals surface area contributed by atoms with Gasteiger partial charge in [0, 0.05) is 18.3 Å². The van der Waals surface area contributed by atoms with E-state index < -0.39 is 197 Å². The van der Waals surface area contributed by atoms with Gasteiger partial charge < -0.3 is 134 Å². The molecule has 1 spiro atoms. The van der Waals surface area contributed by atoms with Crippen LogP contribution in [0.5, 0.6) is 0 Å². The summed E-state index contributed by atoms with van der Waals surface area (Å²) in [4.78, 5) is 0. The van der Waals surface area contributed by atoms with Gasteiger partial charge in [-0.15, -0.1) is 0 Å². The van der Waals surface area contributed by atoms with E-state index >= 15 is 0 Å². The molecule has 27 heteroatoms. The molecule has 7 saturated heterocycles. The molecule has 0 amide bonds. The van der Waals surface area contributed by atoms with Crippen LogP contribution in [0.3, 0.4) is 0 Å². The molecule has 27 nitrogen and oxygen atoms in total. The van der Waals surface area contributed by atoms with Crippen molar-refractivity contribution in [2.45, 2.75) is 257 Å². The number of hydrogen-bond acceptors (Lipinski definition) is 27. The molecule has 0 bridgehead atoms. The Hall–Kier alpha value is -1.08. The maximum Gasteiger partial charge on any atom is 0.205 e. The molecule has 16 N–H and O–H groups in total. The van der Waals surface area contributed by atoms with Gasteiger partial charge in [0.15, 0.2) is 30.9 Å². The second-order valence-corrected chi connectivity index (χ2v) is 27.0. The summed E-state index contributed by atoms with van der Waals surface area (Å²) in [5.41, 5.74) is -0.523. The van der Waals surface area contributed by atoms with Crippen molar-refractivity contribution in [1.29, 1.82) is 0 Å². The smallest absolute Gasteiger partial charge is 0.205 e. The van der Waals surface area contributed by atoms with Crippen molar-refractivity contribution in [3.63, 3.8) is 0 Å². The lowest BCUT2D eigenvalue weighted by Crippen LogP contribution is -2.74. The summed E-state index contributed by atoms with van der Waals surface area (Å²) < 4.78 is 69.9. The lowest BCUT2D eigenvalue weighted by atomic mass is 9.43. The van der Waals surface area contributed by atoms with Gasteiger partial charge in [-0.25, -0.2) is 0 Å². The highest BCUT2D eigenvalue weighted by Gasteiger charge is 2.72. The van der Waals surface area contributed by atoms with Crippen LogP contribution >= 0.6 is 0 Å². The third-order valence-electron chi connectivity index (χ3n) is 22.5. The van der Waals surface area contributed by atoms with Crippen molar-refractivity contribution in [2.24, 2.45) is 58.2 Å². The second kappa shape index (κ2) is 23.9. The summed E-state index contributed by atoms with van der Waals surface area (Å²) in [5.74, 6) is -3.10. The van der Waals surface area contributed by atoms with Gasteiger partial charge in [-0.2, -0.15) is 0 Å². The van der Waals surface area contributed by atoms with Gasteiger partial charge in [0.05, 0.1) is 51.3 Å². The molecule has 7 aliphatic heterocycles. The van der Waals surface area contributed by atoms with Crippen LogP contribution < -0.4 is 0 Å². The van der Waals surface area contributed by atoms with E-state index in [0.29, 0.717) is 30.8 Å². The number of hydrogen-bond donors (Lipinski definition) is 16. The Labute approximate surface area is 481 Å². The summed E-state index contributed by atoms with van der Waals surface area (Å²) >= 11 is 0. The molecular weight excluding hydrogens is 1100 g/mol. The average molecular weight is 1200 g/mol. The molecule has 0 aromatic carbocycles. The van der Waals surface area contributed by atoms with Crippen LogP contribution in [-0.2, 0) is 52.1 Å². The van der Waals surface area contributed by atoms with E-state index in [1.807, 2.05) is 0 Å². The molecule has 11 aliphatic rings. The monoisotopic (exact) mass is 1200 g/mol. The first-order valence-electron chi connectivity index (χ1n) is 30.2. The van der Waals surface area contributed by atoms with E-state index in [4.69, 9.17) is 52.1 Å². The highest BCUT2D eigenvalue weighted by Crippen LogP contribution is 2.72. The van der Waals surface area contributed by atoms with E-state index in [1.54, 1.807) is 0 Å². The Balaban J connectivity index is 0.950. The van der Waals surface area contributed by atoms with Crippen molar-refractivity contribution in [3.8, 4) is 0 Å². The quantitative estimate of drug-likeness (QED) is 0.0871. The largest absolute Gasteiger partial charge is 0.394 e. The van der Waals surface area contributed by atoms with Crippen LogP contribution in [-0.4, -0.2) is 280 Å². The van der Waals surface area contributed by atoms with Crippen LogP contribution in [0.25, 0.3) is 0 Å². The Morgan fingerprint density at radius 1 is 0.494 bits per heavy atom. The Bertz CT molecular complexity index is 2200. The lowest BCUT2D eigenvalue weighted by Gasteiger charge is -2.64. The average Bonchev–Trinajstić information content (AvgIpc) is 1.94. The van der Waals surface area contributed by atoms with Crippen LogP contribution in [0, 0.1) is 58.2 Å². The van der Waals surface area contributed by atoms with Gasteiger partial charge in [-0.3, -0.25) is 0 Å². The number of aliphatic hydroxyl groups excluding tert-OH is 16. The summed E-state index contributed by atoms with van der Waals surface area (Å²) in [6.07, 6.45) is -39.3. The van der Waals surface area contributed by atoms with Crippen LogP contribution in [0.4, 0.5) is 0 Å². The molecule has 83 heavy (non-hydrogen) atoms. The number of ether oxygens (including phenoxy) is 11. The van der Waals surface area contributed by atoms with Crippen molar-refractivity contribution in [3.05, 3.63) is 0 Å². The number of rotatable bonds is 12. The van der Waals surface area contributed by atoms with Gasteiger partial charge >= 0.3 is 0 Å². The molecule has 4 saturated carbocycles. The normalized spacial score (nSPS) is 59.2. The van der Waals surface area contributed by atoms with Gasteiger partial charge in [-0.05, 0) is 105 Å². The minimum Gasteiger partial charge on any atom is -0.394 e. The first-order valence-corrected chi connectivity index (χ1v) is 30.2. The zero-order valence-corrected chi connectivity index (χ0v) is 47.6. The standard InChI is InChI=1S/C56H92O27/c1-20-8-11-55(74-18-20)21(2)34-30(81-55)13-26-24-7-6-23-12-27(28(60)14-54(23,5)25(24)9-10-53(26,34)4)56(48(72)41(68)38(65)32(16-58)82-56)83-52-47(80-51-44(71)40(67)37(64)31(15-57)76-51)46(79-49-42(69)36(63)29(61)19-73-49)45(33(17-59)77-52)78-50-43(70)39(66)35(62)22(3)75-50/h20-52,57-72H,6-19H2,1-5H3/t20-,21+,22+,23?,24?,25?,26?,27?,28?,29-,30+,31-,32+,33-,34+,35+,36+,37-,38-,39-,40+,41+,42-,43-,44-,45-,46+,47-,48-,49-,50+,51+,52-,53+,54+,55?,56-/m1/s1. The second-order valence-electron chi connectivity index (χ2n) is 27.0. The Kier molecular flexibility index (Phi) is 18.3. The predicted molar refractivity (Wildman–Crippen MR) is 275 cm³/mol. The molecule has 0 radical (unpaired) electrons. The Morgan fingerprint density at radius 3 is 1.80 bits per heavy atom. The number of fused-ring (bicyclic) bond motifs is 7. The molecule has 0 aromatic heterocycles. The third kappa shape index (κ3) is 10.5. The summed E-state index contributed by atoms with van der Waals surface area (Å²) in [6.45, 7) is 7.54. The maximum atomic E-state index is 13.0. The molecule has 11 rings (SSSR count). The van der Waals surface area contributed by atoms with Gasteiger partial charge in [0.25, 0.3) is 0 Å². The zero-order chi connectivity index (χ0) is 59.7. The first-order chi connectivity index (χ1) is 39.3. The highest BCUT2D eigenvalue weighted by atomic mass is 16.8. The molecular formula is C56H92O27. The van der Waals surface area contributed by atoms with Crippen LogP contribution in [0.15, 0.2) is 0 Å². The van der Waals surface area contributed by atoms with E-state index in [9.17, 15) is 81.7 Å². The zero-order valence-electron chi connectivity index (χ0n) is 47.6. The molecule has 7 unspecified atom stereocenters. The lowest BCUT2D eigenvalue weighted by molar-refractivity contribution is -0.462. The molecule has 0 aromatic rings. The number of aliphatic hydroxyl groups is 16. The Morgan fingerprint density at radius 2 is 1.12 bits per heavy atom. The van der Waals surface area contributed by atoms with E-state index in [0.717, 1.165) is 38.5 Å². The minimum absolute atomic E-state index is 0.0195. The van der Waals surface area contributed by atoms with Crippen molar-refractivity contribution < 1.29 is 134 Å². The molecule has 478 valence electrons. The van der Waals surface area contributed by atoms with Crippen molar-refractivity contribution in [1.82, 2.24) is 0 Å². The van der Waals surface area contributed by atoms with Crippen LogP contribution in [0.2, 0.25) is 0 Å². The fourth-order valence-corrected chi connectivity index (χ4v) is 17.8. The summed E-state index contributed by atoms with van der Waals surface area (Å²) in [7, 11) is 0. The first kappa shape index (κ1) is 63.5. The fourth-order valence-electron chi connectivity index (χ4n) is 17.8. The third-order valence-corrected chi connectivity index (χ3v) is 22.5. The molecule has 7 heterocycles. The van der Waals surface area contributed by atoms with Gasteiger partial charge in [-0.1, -0.05) is 27.7 Å². The molecule has 11 fully saturated rings. The minimum atomic E-state index is -2.72.